The number of rotatable bonds is 4. The van der Waals surface area contributed by atoms with Crippen molar-refractivity contribution in [2.45, 2.75) is 6.42 Å². The Kier molecular flexibility index (Phi) is 4.62. The normalized spacial score (nSPS) is 10.5. The number of carbonyl (C=O) groups is 1. The summed E-state index contributed by atoms with van der Waals surface area (Å²) in [7, 11) is 0. The first kappa shape index (κ1) is 14.1. The van der Waals surface area contributed by atoms with Gasteiger partial charge in [-0.05, 0) is 24.7 Å². The van der Waals surface area contributed by atoms with E-state index in [2.05, 4.69) is 26.2 Å². The monoisotopic (exact) mass is 343 g/mol. The van der Waals surface area contributed by atoms with Gasteiger partial charge in [0.1, 0.15) is 11.5 Å². The first-order valence-corrected chi connectivity index (χ1v) is 7.18. The van der Waals surface area contributed by atoms with E-state index >= 15 is 0 Å². The van der Waals surface area contributed by atoms with Crippen molar-refractivity contribution in [1.82, 2.24) is 4.98 Å². The highest BCUT2D eigenvalue weighted by Crippen LogP contribution is 2.20. The summed E-state index contributed by atoms with van der Waals surface area (Å²) in [5, 5.41) is 4.92. The van der Waals surface area contributed by atoms with Crippen molar-refractivity contribution in [3.8, 4) is 0 Å². The van der Waals surface area contributed by atoms with Crippen molar-refractivity contribution >= 4 is 38.9 Å². The standard InChI is InChI=1S/C12H11BrFN3OS/c13-7-1-2-9(8(14)5-7)17-12(18)10-6-19-11(16-10)3-4-15/h1-2,5-6H,3-4,15H2,(H,17,18). The highest BCUT2D eigenvalue weighted by molar-refractivity contribution is 9.10. The molecule has 4 nitrogen and oxygen atoms in total. The molecule has 0 aliphatic carbocycles. The van der Waals surface area contributed by atoms with Gasteiger partial charge in [0.25, 0.3) is 5.91 Å². The summed E-state index contributed by atoms with van der Waals surface area (Å²) in [5.41, 5.74) is 5.82. The molecule has 0 atom stereocenters. The molecular weight excluding hydrogens is 333 g/mol. The lowest BCUT2D eigenvalue weighted by atomic mass is 10.3. The van der Waals surface area contributed by atoms with Crippen LogP contribution in [0, 0.1) is 5.82 Å². The van der Waals surface area contributed by atoms with E-state index in [1.165, 1.54) is 23.5 Å². The van der Waals surface area contributed by atoms with Crippen LogP contribution in [0.2, 0.25) is 0 Å². The number of nitrogens with one attached hydrogen (secondary N) is 1. The van der Waals surface area contributed by atoms with Gasteiger partial charge in [0.2, 0.25) is 0 Å². The van der Waals surface area contributed by atoms with Crippen LogP contribution in [0.15, 0.2) is 28.1 Å². The second-order valence-corrected chi connectivity index (χ2v) is 5.60. The number of amides is 1. The summed E-state index contributed by atoms with van der Waals surface area (Å²) in [6.45, 7) is 0.482. The summed E-state index contributed by atoms with van der Waals surface area (Å²) in [4.78, 5) is 16.0. The van der Waals surface area contributed by atoms with Gasteiger partial charge in [-0.25, -0.2) is 9.37 Å². The summed E-state index contributed by atoms with van der Waals surface area (Å²) in [6, 6.07) is 4.43. The van der Waals surface area contributed by atoms with Crippen LogP contribution in [-0.2, 0) is 6.42 Å². The maximum absolute atomic E-state index is 13.6. The fraction of sp³-hybridized carbons (Fsp3) is 0.167. The molecular formula is C12H11BrFN3OS. The molecule has 0 fully saturated rings. The zero-order valence-electron chi connectivity index (χ0n) is 9.82. The predicted molar refractivity (Wildman–Crippen MR) is 76.9 cm³/mol. The first-order chi connectivity index (χ1) is 9.10. The average Bonchev–Trinajstić information content (AvgIpc) is 2.82. The SMILES string of the molecule is NCCc1nc(C(=O)Nc2ccc(Br)cc2F)cs1. The number of nitrogens with zero attached hydrogens (tertiary/aromatic N) is 1. The zero-order chi connectivity index (χ0) is 13.8. The minimum absolute atomic E-state index is 0.126. The maximum atomic E-state index is 13.6. The van der Waals surface area contributed by atoms with E-state index in [0.717, 1.165) is 5.01 Å². The zero-order valence-corrected chi connectivity index (χ0v) is 12.2. The molecule has 0 bridgehead atoms. The number of benzene rings is 1. The minimum Gasteiger partial charge on any atom is -0.330 e. The Hall–Kier alpha value is -1.31. The Morgan fingerprint density at radius 3 is 3.00 bits per heavy atom. The molecule has 0 aliphatic heterocycles. The lowest BCUT2D eigenvalue weighted by molar-refractivity contribution is 0.102. The van der Waals surface area contributed by atoms with Crippen LogP contribution in [0.25, 0.3) is 0 Å². The van der Waals surface area contributed by atoms with Gasteiger partial charge in [0.15, 0.2) is 0 Å². The molecule has 1 amide bonds. The Morgan fingerprint density at radius 1 is 1.53 bits per heavy atom. The van der Waals surface area contributed by atoms with Crippen molar-refractivity contribution in [2.24, 2.45) is 5.73 Å². The molecule has 0 aliphatic rings. The lowest BCUT2D eigenvalue weighted by Gasteiger charge is -2.04. The molecule has 2 rings (SSSR count). The Bertz CT molecular complexity index is 602. The van der Waals surface area contributed by atoms with Gasteiger partial charge in [0, 0.05) is 16.3 Å². The second-order valence-electron chi connectivity index (χ2n) is 3.74. The van der Waals surface area contributed by atoms with Gasteiger partial charge in [-0.1, -0.05) is 15.9 Å². The largest absolute Gasteiger partial charge is 0.330 e. The topological polar surface area (TPSA) is 68.0 Å². The van der Waals surface area contributed by atoms with Crippen molar-refractivity contribution in [3.63, 3.8) is 0 Å². The second kappa shape index (κ2) is 6.23. The smallest absolute Gasteiger partial charge is 0.275 e. The fourth-order valence-electron chi connectivity index (χ4n) is 1.43. The minimum atomic E-state index is -0.500. The van der Waals surface area contributed by atoms with Crippen LogP contribution < -0.4 is 11.1 Å². The van der Waals surface area contributed by atoms with E-state index in [-0.39, 0.29) is 11.4 Å². The molecule has 19 heavy (non-hydrogen) atoms. The van der Waals surface area contributed by atoms with Gasteiger partial charge in [-0.2, -0.15) is 0 Å². The molecule has 1 heterocycles. The number of halogens is 2. The summed E-state index contributed by atoms with van der Waals surface area (Å²) in [6.07, 6.45) is 0.630. The number of thiazole rings is 1. The third kappa shape index (κ3) is 3.59. The Labute approximate surface area is 122 Å². The lowest BCUT2D eigenvalue weighted by Crippen LogP contribution is -2.13. The summed E-state index contributed by atoms with van der Waals surface area (Å²) < 4.78 is 14.2. The van der Waals surface area contributed by atoms with Gasteiger partial charge in [0.05, 0.1) is 10.7 Å². The number of anilines is 1. The van der Waals surface area contributed by atoms with Crippen LogP contribution in [0.1, 0.15) is 15.5 Å². The molecule has 0 radical (unpaired) electrons. The highest BCUT2D eigenvalue weighted by atomic mass is 79.9. The molecule has 0 unspecified atom stereocenters. The van der Waals surface area contributed by atoms with Gasteiger partial charge < -0.3 is 11.1 Å². The van der Waals surface area contributed by atoms with Gasteiger partial charge in [-0.3, -0.25) is 4.79 Å². The van der Waals surface area contributed by atoms with E-state index in [1.807, 2.05) is 0 Å². The molecule has 3 N–H and O–H groups in total. The molecule has 2 aromatic rings. The van der Waals surface area contributed by atoms with Crippen molar-refractivity contribution < 1.29 is 9.18 Å². The highest BCUT2D eigenvalue weighted by Gasteiger charge is 2.13. The first-order valence-electron chi connectivity index (χ1n) is 5.51. The quantitative estimate of drug-likeness (QED) is 0.896. The number of carbonyl (C=O) groups excluding carboxylic acids is 1. The molecule has 1 aromatic heterocycles. The van der Waals surface area contributed by atoms with E-state index in [9.17, 15) is 9.18 Å². The average molecular weight is 344 g/mol. The number of nitrogens with two attached hydrogens (primary N) is 1. The number of hydrogen-bond donors (Lipinski definition) is 2. The predicted octanol–water partition coefficient (Wildman–Crippen LogP) is 2.80. The molecule has 100 valence electrons. The van der Waals surface area contributed by atoms with E-state index in [0.29, 0.717) is 17.4 Å². The van der Waals surface area contributed by atoms with Crippen LogP contribution >= 0.6 is 27.3 Å². The van der Waals surface area contributed by atoms with Crippen molar-refractivity contribution in [2.75, 3.05) is 11.9 Å². The Morgan fingerprint density at radius 2 is 2.32 bits per heavy atom. The third-order valence-corrected chi connectivity index (χ3v) is 3.72. The van der Waals surface area contributed by atoms with Gasteiger partial charge >= 0.3 is 0 Å². The molecule has 0 saturated carbocycles. The van der Waals surface area contributed by atoms with Crippen LogP contribution in [-0.4, -0.2) is 17.4 Å². The van der Waals surface area contributed by atoms with Crippen LogP contribution in [0.3, 0.4) is 0 Å². The van der Waals surface area contributed by atoms with Crippen molar-refractivity contribution in [1.29, 1.82) is 0 Å². The van der Waals surface area contributed by atoms with E-state index in [1.54, 1.807) is 11.4 Å². The molecule has 0 spiro atoms. The van der Waals surface area contributed by atoms with Crippen molar-refractivity contribution in [3.05, 3.63) is 44.6 Å². The molecule has 1 aromatic carbocycles. The summed E-state index contributed by atoms with van der Waals surface area (Å²) >= 11 is 4.52. The number of aromatic nitrogens is 1. The molecule has 7 heteroatoms. The van der Waals surface area contributed by atoms with Gasteiger partial charge in [-0.15, -0.1) is 11.3 Å². The third-order valence-electron chi connectivity index (χ3n) is 2.32. The maximum Gasteiger partial charge on any atom is 0.275 e. The summed E-state index contributed by atoms with van der Waals surface area (Å²) in [5.74, 6) is -0.930. The molecule has 0 saturated heterocycles. The number of hydrogen-bond acceptors (Lipinski definition) is 4. The van der Waals surface area contributed by atoms with Crippen LogP contribution in [0.5, 0.6) is 0 Å². The van der Waals surface area contributed by atoms with E-state index < -0.39 is 11.7 Å². The van der Waals surface area contributed by atoms with Crippen LogP contribution in [0.4, 0.5) is 10.1 Å². The fourth-order valence-corrected chi connectivity index (χ4v) is 2.56. The van der Waals surface area contributed by atoms with E-state index in [4.69, 9.17) is 5.73 Å². The Balaban J connectivity index is 2.11.